The van der Waals surface area contributed by atoms with E-state index in [4.69, 9.17) is 26.2 Å². The number of carboxylic acids is 1. The highest BCUT2D eigenvalue weighted by molar-refractivity contribution is 6.30. The van der Waals surface area contributed by atoms with Crippen molar-refractivity contribution < 1.29 is 27.8 Å². The third-order valence-corrected chi connectivity index (χ3v) is 5.39. The Bertz CT molecular complexity index is 1080. The number of aryl methyl sites for hydroxylation is 2. The minimum Gasteiger partial charge on any atom is -0.494 e. The van der Waals surface area contributed by atoms with Gasteiger partial charge in [-0.15, -0.1) is 0 Å². The van der Waals surface area contributed by atoms with Crippen LogP contribution in [0.2, 0.25) is 5.02 Å². The van der Waals surface area contributed by atoms with E-state index in [1.807, 2.05) is 24.3 Å². The first-order chi connectivity index (χ1) is 15.2. The Morgan fingerprint density at radius 2 is 1.91 bits per heavy atom. The summed E-state index contributed by atoms with van der Waals surface area (Å²) in [5, 5.41) is 12.8. The van der Waals surface area contributed by atoms with Crippen molar-refractivity contribution in [2.24, 2.45) is 0 Å². The van der Waals surface area contributed by atoms with E-state index in [0.29, 0.717) is 6.61 Å². The van der Waals surface area contributed by atoms with Crippen LogP contribution in [0.25, 0.3) is 10.9 Å². The van der Waals surface area contributed by atoms with Crippen LogP contribution >= 0.6 is 11.6 Å². The minimum absolute atomic E-state index is 0.704. The molecule has 0 saturated carbocycles. The number of benzene rings is 2. The molecular weight excluding hydrogens is 445 g/mol. The van der Waals surface area contributed by atoms with Crippen molar-refractivity contribution in [3.8, 4) is 5.75 Å². The van der Waals surface area contributed by atoms with Crippen LogP contribution in [-0.2, 0) is 24.3 Å². The maximum Gasteiger partial charge on any atom is 0.490 e. The molecule has 2 heterocycles. The summed E-state index contributed by atoms with van der Waals surface area (Å²) < 4.78 is 40.1. The highest BCUT2D eigenvalue weighted by Crippen LogP contribution is 2.29. The molecule has 4 rings (SSSR count). The monoisotopic (exact) mass is 468 g/mol. The van der Waals surface area contributed by atoms with E-state index in [1.165, 1.54) is 27.7 Å². The van der Waals surface area contributed by atoms with E-state index >= 15 is 0 Å². The number of ether oxygens (including phenoxy) is 1. The van der Waals surface area contributed by atoms with Crippen molar-refractivity contribution in [1.29, 1.82) is 0 Å². The van der Waals surface area contributed by atoms with Gasteiger partial charge in [0.05, 0.1) is 6.61 Å². The fraction of sp³-hybridized carbons (Fsp3) is 0.348. The summed E-state index contributed by atoms with van der Waals surface area (Å²) in [5.41, 5.74) is 5.64. The van der Waals surface area contributed by atoms with Gasteiger partial charge in [-0.1, -0.05) is 23.7 Å². The van der Waals surface area contributed by atoms with Gasteiger partial charge >= 0.3 is 12.1 Å². The predicted molar refractivity (Wildman–Crippen MR) is 117 cm³/mol. The fourth-order valence-electron chi connectivity index (χ4n) is 3.68. The number of nitrogens with zero attached hydrogens (tertiary/aromatic N) is 1. The van der Waals surface area contributed by atoms with Gasteiger partial charge in [0.2, 0.25) is 0 Å². The van der Waals surface area contributed by atoms with Crippen LogP contribution < -0.4 is 10.1 Å². The Balaban J connectivity index is 0.000000360. The van der Waals surface area contributed by atoms with Gasteiger partial charge in [-0.05, 0) is 67.8 Å². The smallest absolute Gasteiger partial charge is 0.490 e. The number of halogens is 4. The lowest BCUT2D eigenvalue weighted by Gasteiger charge is -2.17. The van der Waals surface area contributed by atoms with Crippen molar-refractivity contribution in [2.75, 3.05) is 13.2 Å². The van der Waals surface area contributed by atoms with E-state index in [2.05, 4.69) is 35.0 Å². The molecule has 0 saturated heterocycles. The Hall–Kier alpha value is -2.71. The largest absolute Gasteiger partial charge is 0.494 e. The van der Waals surface area contributed by atoms with E-state index in [0.717, 1.165) is 43.2 Å². The van der Waals surface area contributed by atoms with Crippen molar-refractivity contribution in [1.82, 2.24) is 9.88 Å². The van der Waals surface area contributed by atoms with Crippen LogP contribution in [0.5, 0.6) is 5.75 Å². The van der Waals surface area contributed by atoms with Gasteiger partial charge in [0.15, 0.2) is 0 Å². The van der Waals surface area contributed by atoms with E-state index in [9.17, 15) is 13.2 Å². The number of carbonyl (C=O) groups is 1. The van der Waals surface area contributed by atoms with Crippen LogP contribution in [0.15, 0.2) is 42.5 Å². The fourth-order valence-corrected chi connectivity index (χ4v) is 3.81. The molecule has 9 heteroatoms. The number of nitrogens with one attached hydrogen (secondary N) is 1. The normalized spacial score (nSPS) is 13.3. The Labute approximate surface area is 188 Å². The van der Waals surface area contributed by atoms with Crippen LogP contribution in [0.1, 0.15) is 23.2 Å². The molecule has 0 fully saturated rings. The molecule has 0 atom stereocenters. The van der Waals surface area contributed by atoms with Crippen molar-refractivity contribution in [3.63, 3.8) is 0 Å². The van der Waals surface area contributed by atoms with Gasteiger partial charge in [0, 0.05) is 34.7 Å². The standard InChI is InChI=1S/C21H23ClN2O.C2HF3O2/c1-15-3-8-18-19-9-10-23-14-21(19)24(20(18)13-15)11-2-12-25-17-6-4-16(22)5-7-17;3-2(4,5)1(6)7/h3-8,13,23H,2,9-12,14H2,1H3;(H,6,7). The molecule has 32 heavy (non-hydrogen) atoms. The molecule has 2 aromatic carbocycles. The number of rotatable bonds is 5. The summed E-state index contributed by atoms with van der Waals surface area (Å²) in [6.07, 6.45) is -2.99. The second-order valence-corrected chi connectivity index (χ2v) is 7.92. The number of fused-ring (bicyclic) bond motifs is 3. The lowest BCUT2D eigenvalue weighted by atomic mass is 10.0. The minimum atomic E-state index is -5.08. The molecule has 1 aromatic heterocycles. The highest BCUT2D eigenvalue weighted by Gasteiger charge is 2.38. The zero-order valence-electron chi connectivity index (χ0n) is 17.5. The maximum absolute atomic E-state index is 10.6. The summed E-state index contributed by atoms with van der Waals surface area (Å²) in [7, 11) is 0. The molecule has 0 spiro atoms. The lowest BCUT2D eigenvalue weighted by molar-refractivity contribution is -0.192. The zero-order chi connectivity index (χ0) is 23.3. The van der Waals surface area contributed by atoms with E-state index < -0.39 is 12.1 Å². The predicted octanol–water partition coefficient (Wildman–Crippen LogP) is 5.35. The number of aromatic nitrogens is 1. The molecule has 0 bridgehead atoms. The molecule has 172 valence electrons. The Morgan fingerprint density at radius 3 is 2.56 bits per heavy atom. The number of hydrogen-bond acceptors (Lipinski definition) is 3. The molecule has 0 radical (unpaired) electrons. The van der Waals surface area contributed by atoms with Crippen LogP contribution in [-0.4, -0.2) is 35.0 Å². The lowest BCUT2D eigenvalue weighted by Crippen LogP contribution is -2.25. The number of alkyl halides is 3. The van der Waals surface area contributed by atoms with Crippen molar-refractivity contribution >= 4 is 28.5 Å². The molecule has 1 aliphatic heterocycles. The first-order valence-corrected chi connectivity index (χ1v) is 10.5. The van der Waals surface area contributed by atoms with Crippen LogP contribution in [0, 0.1) is 6.92 Å². The molecule has 0 unspecified atom stereocenters. The first kappa shape index (κ1) is 23.9. The third-order valence-electron chi connectivity index (χ3n) is 5.14. The van der Waals surface area contributed by atoms with Gasteiger partial charge < -0.3 is 19.7 Å². The molecule has 3 aromatic rings. The second-order valence-electron chi connectivity index (χ2n) is 7.48. The van der Waals surface area contributed by atoms with Gasteiger partial charge in [-0.25, -0.2) is 4.79 Å². The molecule has 1 aliphatic rings. The number of aliphatic carboxylic acids is 1. The molecular formula is C23H24ClF3N2O3. The van der Waals surface area contributed by atoms with Crippen LogP contribution in [0.4, 0.5) is 13.2 Å². The number of carboxylic acid groups (broad SMARTS) is 1. The average Bonchev–Trinajstić information content (AvgIpc) is 3.05. The Morgan fingerprint density at radius 1 is 1.22 bits per heavy atom. The van der Waals surface area contributed by atoms with Crippen LogP contribution in [0.3, 0.4) is 0 Å². The summed E-state index contributed by atoms with van der Waals surface area (Å²) in [6, 6.07) is 14.4. The summed E-state index contributed by atoms with van der Waals surface area (Å²) in [6.45, 7) is 5.87. The highest BCUT2D eigenvalue weighted by atomic mass is 35.5. The third kappa shape index (κ3) is 5.95. The summed E-state index contributed by atoms with van der Waals surface area (Å²) in [4.78, 5) is 8.90. The van der Waals surface area contributed by atoms with E-state index in [-0.39, 0.29) is 0 Å². The van der Waals surface area contributed by atoms with Gasteiger partial charge in [0.25, 0.3) is 0 Å². The SMILES string of the molecule is Cc1ccc2c3c(n(CCCOc4ccc(Cl)cc4)c2c1)CNCC3.O=C(O)C(F)(F)F. The Kier molecular flexibility index (Phi) is 7.69. The second kappa shape index (κ2) is 10.3. The van der Waals surface area contributed by atoms with Gasteiger partial charge in [-0.3, -0.25) is 0 Å². The zero-order valence-corrected chi connectivity index (χ0v) is 18.3. The topological polar surface area (TPSA) is 63.5 Å². The summed E-state index contributed by atoms with van der Waals surface area (Å²) in [5.74, 6) is -1.88. The number of hydrogen-bond donors (Lipinski definition) is 2. The molecule has 0 aliphatic carbocycles. The summed E-state index contributed by atoms with van der Waals surface area (Å²) >= 11 is 5.91. The quantitative estimate of drug-likeness (QED) is 0.495. The average molecular weight is 469 g/mol. The molecule has 5 nitrogen and oxygen atoms in total. The molecule has 0 amide bonds. The van der Waals surface area contributed by atoms with Gasteiger partial charge in [0.1, 0.15) is 5.75 Å². The van der Waals surface area contributed by atoms with E-state index in [1.54, 1.807) is 0 Å². The maximum atomic E-state index is 10.6. The first-order valence-electron chi connectivity index (χ1n) is 10.2. The van der Waals surface area contributed by atoms with Crippen molar-refractivity contribution in [3.05, 3.63) is 64.3 Å². The van der Waals surface area contributed by atoms with Gasteiger partial charge in [-0.2, -0.15) is 13.2 Å². The van der Waals surface area contributed by atoms with Crippen molar-refractivity contribution in [2.45, 2.75) is 39.0 Å². The molecule has 2 N–H and O–H groups in total.